The number of benzene rings is 1. The fourth-order valence-corrected chi connectivity index (χ4v) is 2.07. The van der Waals surface area contributed by atoms with Gasteiger partial charge in [-0.1, -0.05) is 26.0 Å². The van der Waals surface area contributed by atoms with Crippen molar-refractivity contribution < 1.29 is 9.13 Å². The number of hydrogen-bond donors (Lipinski definition) is 0. The summed E-state index contributed by atoms with van der Waals surface area (Å²) in [5.74, 6) is 1.12. The van der Waals surface area contributed by atoms with E-state index >= 15 is 0 Å². The van der Waals surface area contributed by atoms with Crippen molar-refractivity contribution in [3.8, 4) is 0 Å². The molecule has 0 aliphatic heterocycles. The molecule has 1 nitrogen and oxygen atoms in total. The normalized spacial score (nSPS) is 12.9. The Morgan fingerprint density at radius 2 is 1.94 bits per heavy atom. The molecule has 1 atom stereocenters. The van der Waals surface area contributed by atoms with E-state index < -0.39 is 0 Å². The van der Waals surface area contributed by atoms with Crippen molar-refractivity contribution in [2.75, 3.05) is 19.1 Å². The molecule has 0 aromatic heterocycles. The van der Waals surface area contributed by atoms with Crippen molar-refractivity contribution in [3.63, 3.8) is 0 Å². The monoisotopic (exact) mass is 272 g/mol. The summed E-state index contributed by atoms with van der Waals surface area (Å²) in [7, 11) is 0. The summed E-state index contributed by atoms with van der Waals surface area (Å²) in [5.41, 5.74) is 0.956. The van der Waals surface area contributed by atoms with E-state index in [-0.39, 0.29) is 11.7 Å². The Balaban J connectivity index is 2.34. The van der Waals surface area contributed by atoms with Gasteiger partial charge in [0.25, 0.3) is 0 Å². The van der Waals surface area contributed by atoms with Crippen molar-refractivity contribution in [1.29, 1.82) is 0 Å². The molecular weight excluding hydrogens is 251 g/mol. The summed E-state index contributed by atoms with van der Waals surface area (Å²) < 4.78 is 18.7. The molecule has 3 heteroatoms. The van der Waals surface area contributed by atoms with Gasteiger partial charge in [-0.15, -0.1) is 11.6 Å². The molecule has 1 rings (SSSR count). The van der Waals surface area contributed by atoms with Crippen LogP contribution in [0, 0.1) is 11.7 Å². The Kier molecular flexibility index (Phi) is 7.29. The Bertz CT molecular complexity index is 341. The summed E-state index contributed by atoms with van der Waals surface area (Å²) in [4.78, 5) is 0. The first kappa shape index (κ1) is 15.5. The van der Waals surface area contributed by atoms with Crippen LogP contribution in [0.1, 0.15) is 38.2 Å². The Morgan fingerprint density at radius 3 is 2.56 bits per heavy atom. The Hall–Kier alpha value is -0.600. The van der Waals surface area contributed by atoms with Crippen molar-refractivity contribution in [2.24, 2.45) is 5.92 Å². The van der Waals surface area contributed by atoms with Crippen LogP contribution in [0.5, 0.6) is 0 Å². The number of ether oxygens (including phenoxy) is 1. The van der Waals surface area contributed by atoms with Gasteiger partial charge in [0.1, 0.15) is 5.82 Å². The maximum Gasteiger partial charge on any atom is 0.123 e. The minimum absolute atomic E-state index is 0.168. The van der Waals surface area contributed by atoms with E-state index in [0.717, 1.165) is 25.0 Å². The predicted octanol–water partition coefficient (Wildman–Crippen LogP) is 4.60. The van der Waals surface area contributed by atoms with E-state index in [2.05, 4.69) is 13.8 Å². The second-order valence-corrected chi connectivity index (χ2v) is 5.30. The topological polar surface area (TPSA) is 9.23 Å². The van der Waals surface area contributed by atoms with Crippen LogP contribution < -0.4 is 0 Å². The first-order valence-corrected chi connectivity index (χ1v) is 7.06. The molecule has 0 radical (unpaired) electrons. The van der Waals surface area contributed by atoms with Crippen molar-refractivity contribution in [3.05, 3.63) is 35.6 Å². The highest BCUT2D eigenvalue weighted by Crippen LogP contribution is 2.22. The number of rotatable bonds is 8. The molecule has 0 saturated carbocycles. The third-order valence-electron chi connectivity index (χ3n) is 2.96. The summed E-state index contributed by atoms with van der Waals surface area (Å²) in [6.07, 6.45) is 1.91. The first-order valence-electron chi connectivity index (χ1n) is 6.52. The zero-order chi connectivity index (χ0) is 13.4. The van der Waals surface area contributed by atoms with Gasteiger partial charge in [-0.25, -0.2) is 4.39 Å². The van der Waals surface area contributed by atoms with Gasteiger partial charge in [-0.3, -0.25) is 0 Å². The molecule has 0 spiro atoms. The van der Waals surface area contributed by atoms with Crippen LogP contribution in [0.4, 0.5) is 4.39 Å². The zero-order valence-electron chi connectivity index (χ0n) is 11.2. The highest BCUT2D eigenvalue weighted by molar-refractivity contribution is 6.18. The maximum atomic E-state index is 13.1. The second kappa shape index (κ2) is 8.49. The average molecular weight is 273 g/mol. The molecule has 0 saturated heterocycles. The molecule has 0 heterocycles. The molecule has 0 aliphatic carbocycles. The van der Waals surface area contributed by atoms with E-state index in [1.807, 2.05) is 6.07 Å². The first-order chi connectivity index (χ1) is 8.63. The molecule has 0 amide bonds. The fourth-order valence-electron chi connectivity index (χ4n) is 1.74. The van der Waals surface area contributed by atoms with Crippen LogP contribution in [-0.4, -0.2) is 19.1 Å². The van der Waals surface area contributed by atoms with Crippen molar-refractivity contribution >= 4 is 11.6 Å². The second-order valence-electron chi connectivity index (χ2n) is 4.99. The molecule has 0 aliphatic rings. The lowest BCUT2D eigenvalue weighted by Gasteiger charge is -2.15. The third kappa shape index (κ3) is 5.83. The van der Waals surface area contributed by atoms with Gasteiger partial charge in [-0.05, 0) is 42.4 Å². The number of halogens is 2. The van der Waals surface area contributed by atoms with E-state index in [0.29, 0.717) is 18.4 Å². The van der Waals surface area contributed by atoms with Crippen LogP contribution in [0.2, 0.25) is 0 Å². The van der Waals surface area contributed by atoms with E-state index in [1.54, 1.807) is 12.1 Å². The lowest BCUT2D eigenvalue weighted by Crippen LogP contribution is -2.07. The molecule has 102 valence electrons. The molecule has 0 bridgehead atoms. The highest BCUT2D eigenvalue weighted by atomic mass is 35.5. The minimum Gasteiger partial charge on any atom is -0.381 e. The van der Waals surface area contributed by atoms with Gasteiger partial charge in [0.05, 0.1) is 0 Å². The third-order valence-corrected chi connectivity index (χ3v) is 3.33. The van der Waals surface area contributed by atoms with Crippen LogP contribution in [0.15, 0.2) is 24.3 Å². The summed E-state index contributed by atoms with van der Waals surface area (Å²) in [6, 6.07) is 6.66. The lowest BCUT2D eigenvalue weighted by molar-refractivity contribution is 0.118. The fraction of sp³-hybridized carbons (Fsp3) is 0.600. The van der Waals surface area contributed by atoms with Crippen LogP contribution in [0.25, 0.3) is 0 Å². The van der Waals surface area contributed by atoms with Crippen LogP contribution in [0.3, 0.4) is 0 Å². The smallest absolute Gasteiger partial charge is 0.123 e. The molecule has 1 unspecified atom stereocenters. The largest absolute Gasteiger partial charge is 0.381 e. The molecule has 1 aromatic carbocycles. The molecule has 0 fully saturated rings. The van der Waals surface area contributed by atoms with Crippen molar-refractivity contribution in [1.82, 2.24) is 0 Å². The van der Waals surface area contributed by atoms with Crippen LogP contribution >= 0.6 is 11.6 Å². The van der Waals surface area contributed by atoms with Gasteiger partial charge in [-0.2, -0.15) is 0 Å². The molecule has 18 heavy (non-hydrogen) atoms. The van der Waals surface area contributed by atoms with Gasteiger partial charge in [0.2, 0.25) is 0 Å². The van der Waals surface area contributed by atoms with E-state index in [1.165, 1.54) is 6.07 Å². The van der Waals surface area contributed by atoms with Gasteiger partial charge in [0, 0.05) is 19.1 Å². The molecular formula is C15H22ClFO. The number of hydrogen-bond acceptors (Lipinski definition) is 1. The SMILES string of the molecule is CC(C)CCOCCC(CCl)c1cccc(F)c1. The lowest BCUT2D eigenvalue weighted by atomic mass is 9.98. The van der Waals surface area contributed by atoms with Gasteiger partial charge in [0.15, 0.2) is 0 Å². The maximum absolute atomic E-state index is 13.1. The van der Waals surface area contributed by atoms with Gasteiger partial charge >= 0.3 is 0 Å². The standard InChI is InChI=1S/C15H22ClFO/c1-12(2)6-8-18-9-7-14(11-16)13-4-3-5-15(17)10-13/h3-5,10,12,14H,6-9,11H2,1-2H3. The highest BCUT2D eigenvalue weighted by Gasteiger charge is 2.11. The zero-order valence-corrected chi connectivity index (χ0v) is 11.9. The Labute approximate surface area is 114 Å². The average Bonchev–Trinajstić information content (AvgIpc) is 2.33. The quantitative estimate of drug-likeness (QED) is 0.496. The Morgan fingerprint density at radius 1 is 1.22 bits per heavy atom. The molecule has 1 aromatic rings. The predicted molar refractivity (Wildman–Crippen MR) is 74.8 cm³/mol. The van der Waals surface area contributed by atoms with Crippen molar-refractivity contribution in [2.45, 2.75) is 32.6 Å². The summed E-state index contributed by atoms with van der Waals surface area (Å²) in [6.45, 7) is 5.83. The van der Waals surface area contributed by atoms with E-state index in [4.69, 9.17) is 16.3 Å². The summed E-state index contributed by atoms with van der Waals surface area (Å²) in [5, 5.41) is 0. The minimum atomic E-state index is -0.205. The molecule has 0 N–H and O–H groups in total. The van der Waals surface area contributed by atoms with Crippen LogP contribution in [-0.2, 0) is 4.74 Å². The number of alkyl halides is 1. The van der Waals surface area contributed by atoms with E-state index in [9.17, 15) is 4.39 Å². The summed E-state index contributed by atoms with van der Waals surface area (Å²) >= 11 is 5.94. The van der Waals surface area contributed by atoms with Gasteiger partial charge < -0.3 is 4.74 Å².